The largest absolute Gasteiger partial charge is 0.278 e. The Morgan fingerprint density at radius 1 is 1.13 bits per heavy atom. The van der Waals surface area contributed by atoms with E-state index in [1.165, 1.54) is 11.8 Å². The first-order valence-corrected chi connectivity index (χ1v) is 8.55. The van der Waals surface area contributed by atoms with Crippen LogP contribution in [0, 0.1) is 0 Å². The average molecular weight is 388 g/mol. The molecule has 4 aromatic rings. The number of halogens is 1. The molecule has 23 heavy (non-hydrogen) atoms. The number of aromatic nitrogens is 7. The number of para-hydroxylation sites is 1. The fourth-order valence-electron chi connectivity index (χ4n) is 2.13. The Bertz CT molecular complexity index is 950. The molecule has 114 valence electrons. The van der Waals surface area contributed by atoms with Crippen LogP contribution >= 0.6 is 27.7 Å². The number of nitrogens with zero attached hydrogens (tertiary/aromatic N) is 7. The minimum absolute atomic E-state index is 0.636. The summed E-state index contributed by atoms with van der Waals surface area (Å²) in [6.07, 6.45) is 3.64. The molecular weight excluding hydrogens is 378 g/mol. The van der Waals surface area contributed by atoms with Crippen molar-refractivity contribution in [2.75, 3.05) is 0 Å². The van der Waals surface area contributed by atoms with Gasteiger partial charge in [-0.25, -0.2) is 9.97 Å². The second kappa shape index (κ2) is 6.09. The number of tetrazole rings is 1. The summed E-state index contributed by atoms with van der Waals surface area (Å²) in [5.74, 6) is 1.30. The number of benzene rings is 1. The van der Waals surface area contributed by atoms with Crippen LogP contribution in [0.5, 0.6) is 0 Å². The number of fused-ring (bicyclic) bond motifs is 1. The van der Waals surface area contributed by atoms with Gasteiger partial charge in [-0.05, 0) is 44.6 Å². The van der Waals surface area contributed by atoms with Gasteiger partial charge in [0.15, 0.2) is 0 Å². The van der Waals surface area contributed by atoms with Crippen molar-refractivity contribution < 1.29 is 0 Å². The molecule has 7 nitrogen and oxygen atoms in total. The molecule has 0 saturated carbocycles. The summed E-state index contributed by atoms with van der Waals surface area (Å²) in [6, 6.07) is 11.7. The smallest absolute Gasteiger partial charge is 0.234 e. The van der Waals surface area contributed by atoms with Crippen LogP contribution in [0.2, 0.25) is 0 Å². The highest BCUT2D eigenvalue weighted by molar-refractivity contribution is 9.10. The quantitative estimate of drug-likeness (QED) is 0.501. The molecule has 1 aromatic carbocycles. The van der Waals surface area contributed by atoms with E-state index in [2.05, 4.69) is 41.4 Å². The summed E-state index contributed by atoms with van der Waals surface area (Å²) in [5.41, 5.74) is 1.83. The van der Waals surface area contributed by atoms with Crippen molar-refractivity contribution in [3.63, 3.8) is 0 Å². The van der Waals surface area contributed by atoms with Crippen molar-refractivity contribution >= 4 is 33.5 Å². The van der Waals surface area contributed by atoms with Crippen molar-refractivity contribution in [2.45, 2.75) is 10.9 Å². The standard InChI is InChI=1S/C14H10BrN7S/c15-12-11(17-13-16-7-4-8-21(12)13)9-23-14-18-19-20-22(14)10-5-2-1-3-6-10/h1-8H,9H2. The predicted molar refractivity (Wildman–Crippen MR) is 89.4 cm³/mol. The van der Waals surface area contributed by atoms with Crippen LogP contribution in [-0.2, 0) is 5.75 Å². The van der Waals surface area contributed by atoms with Gasteiger partial charge >= 0.3 is 0 Å². The molecule has 0 amide bonds. The van der Waals surface area contributed by atoms with E-state index >= 15 is 0 Å². The maximum atomic E-state index is 4.52. The van der Waals surface area contributed by atoms with Crippen molar-refractivity contribution in [3.8, 4) is 5.69 Å². The Balaban J connectivity index is 1.60. The lowest BCUT2D eigenvalue weighted by Gasteiger charge is -2.03. The third kappa shape index (κ3) is 2.73. The molecule has 0 saturated heterocycles. The zero-order valence-electron chi connectivity index (χ0n) is 11.7. The molecule has 0 N–H and O–H groups in total. The predicted octanol–water partition coefficient (Wildman–Crippen LogP) is 2.76. The van der Waals surface area contributed by atoms with E-state index in [0.717, 1.165) is 16.0 Å². The fraction of sp³-hybridized carbons (Fsp3) is 0.0714. The van der Waals surface area contributed by atoms with Gasteiger partial charge in [-0.3, -0.25) is 4.40 Å². The molecule has 4 rings (SSSR count). The molecule has 0 spiro atoms. The van der Waals surface area contributed by atoms with Gasteiger partial charge < -0.3 is 0 Å². The molecule has 0 aliphatic heterocycles. The normalized spacial score (nSPS) is 11.2. The first-order chi connectivity index (χ1) is 11.3. The molecule has 3 aromatic heterocycles. The number of hydrogen-bond acceptors (Lipinski definition) is 6. The molecular formula is C14H10BrN7S. The van der Waals surface area contributed by atoms with E-state index in [4.69, 9.17) is 0 Å². The number of thioether (sulfide) groups is 1. The van der Waals surface area contributed by atoms with E-state index in [0.29, 0.717) is 16.7 Å². The minimum atomic E-state index is 0.636. The molecule has 0 bridgehead atoms. The fourth-order valence-corrected chi connectivity index (χ4v) is 3.65. The van der Waals surface area contributed by atoms with Gasteiger partial charge in [-0.15, -0.1) is 5.10 Å². The van der Waals surface area contributed by atoms with Gasteiger partial charge in [0.1, 0.15) is 4.60 Å². The van der Waals surface area contributed by atoms with Crippen LogP contribution in [0.3, 0.4) is 0 Å². The second-order valence-corrected chi connectivity index (χ2v) is 6.33. The van der Waals surface area contributed by atoms with Gasteiger partial charge in [-0.1, -0.05) is 30.0 Å². The Hall–Kier alpha value is -2.26. The van der Waals surface area contributed by atoms with E-state index < -0.39 is 0 Å². The molecule has 9 heteroatoms. The molecule has 0 atom stereocenters. The van der Waals surface area contributed by atoms with E-state index in [-0.39, 0.29) is 0 Å². The summed E-state index contributed by atoms with van der Waals surface area (Å²) >= 11 is 5.09. The van der Waals surface area contributed by atoms with Crippen LogP contribution in [0.4, 0.5) is 0 Å². The number of rotatable bonds is 4. The highest BCUT2D eigenvalue weighted by atomic mass is 79.9. The van der Waals surface area contributed by atoms with Gasteiger partial charge in [0.05, 0.1) is 11.4 Å². The Morgan fingerprint density at radius 2 is 2.00 bits per heavy atom. The molecule has 0 fully saturated rings. The molecule has 0 radical (unpaired) electrons. The SMILES string of the molecule is Brc1c(CSc2nnnn2-c2ccccc2)nc2ncccn12. The summed E-state index contributed by atoms with van der Waals surface area (Å²) in [5, 5.41) is 12.6. The highest BCUT2D eigenvalue weighted by Crippen LogP contribution is 2.26. The second-order valence-electron chi connectivity index (χ2n) is 4.64. The van der Waals surface area contributed by atoms with Crippen LogP contribution in [-0.4, -0.2) is 34.6 Å². The maximum absolute atomic E-state index is 4.52. The lowest BCUT2D eigenvalue weighted by Crippen LogP contribution is -1.98. The third-order valence-electron chi connectivity index (χ3n) is 3.19. The minimum Gasteiger partial charge on any atom is -0.278 e. The average Bonchev–Trinajstić information content (AvgIpc) is 3.19. The monoisotopic (exact) mass is 387 g/mol. The zero-order valence-corrected chi connectivity index (χ0v) is 14.1. The third-order valence-corrected chi connectivity index (χ3v) is 4.96. The molecule has 0 aliphatic carbocycles. The van der Waals surface area contributed by atoms with E-state index in [1.54, 1.807) is 10.9 Å². The Kier molecular flexibility index (Phi) is 3.80. The molecule has 0 aliphatic rings. The van der Waals surface area contributed by atoms with Gasteiger partial charge in [-0.2, -0.15) is 4.68 Å². The summed E-state index contributed by atoms with van der Waals surface area (Å²) in [7, 11) is 0. The van der Waals surface area contributed by atoms with Gasteiger partial charge in [0.2, 0.25) is 10.9 Å². The van der Waals surface area contributed by atoms with Crippen LogP contribution in [0.25, 0.3) is 11.5 Å². The lowest BCUT2D eigenvalue weighted by atomic mass is 10.3. The molecule has 3 heterocycles. The van der Waals surface area contributed by atoms with E-state index in [9.17, 15) is 0 Å². The zero-order chi connectivity index (χ0) is 15.6. The lowest BCUT2D eigenvalue weighted by molar-refractivity contribution is 0.756. The first-order valence-electron chi connectivity index (χ1n) is 6.77. The van der Waals surface area contributed by atoms with Crippen LogP contribution in [0.15, 0.2) is 58.6 Å². The highest BCUT2D eigenvalue weighted by Gasteiger charge is 2.14. The maximum Gasteiger partial charge on any atom is 0.234 e. The van der Waals surface area contributed by atoms with E-state index in [1.807, 2.05) is 47.0 Å². The van der Waals surface area contributed by atoms with Crippen molar-refractivity contribution in [2.24, 2.45) is 0 Å². The summed E-state index contributed by atoms with van der Waals surface area (Å²) < 4.78 is 4.51. The summed E-state index contributed by atoms with van der Waals surface area (Å²) in [6.45, 7) is 0. The number of imidazole rings is 1. The summed E-state index contributed by atoms with van der Waals surface area (Å²) in [4.78, 5) is 8.76. The van der Waals surface area contributed by atoms with Crippen LogP contribution in [0.1, 0.15) is 5.69 Å². The molecule has 0 unspecified atom stereocenters. The van der Waals surface area contributed by atoms with Gasteiger partial charge in [0, 0.05) is 18.1 Å². The van der Waals surface area contributed by atoms with Gasteiger partial charge in [0.25, 0.3) is 0 Å². The first kappa shape index (κ1) is 14.3. The Morgan fingerprint density at radius 3 is 2.83 bits per heavy atom. The van der Waals surface area contributed by atoms with Crippen LogP contribution < -0.4 is 0 Å². The van der Waals surface area contributed by atoms with Crippen molar-refractivity contribution in [3.05, 3.63) is 59.1 Å². The Labute approximate surface area is 143 Å². The van der Waals surface area contributed by atoms with Crippen molar-refractivity contribution in [1.29, 1.82) is 0 Å². The number of hydrogen-bond donors (Lipinski definition) is 0. The topological polar surface area (TPSA) is 73.8 Å². The van der Waals surface area contributed by atoms with Crippen molar-refractivity contribution in [1.82, 2.24) is 34.6 Å².